The largest absolute Gasteiger partial charge is 0.491 e. The van der Waals surface area contributed by atoms with E-state index in [0.29, 0.717) is 6.61 Å². The van der Waals surface area contributed by atoms with Gasteiger partial charge in [0.2, 0.25) is 0 Å². The summed E-state index contributed by atoms with van der Waals surface area (Å²) >= 11 is 0. The first-order valence-corrected chi connectivity index (χ1v) is 6.22. The highest BCUT2D eigenvalue weighted by Gasteiger charge is 2.14. The molecule has 0 bridgehead atoms. The smallest absolute Gasteiger partial charge is 0.119 e. The number of benzene rings is 1. The predicted molar refractivity (Wildman–Crippen MR) is 71.5 cm³/mol. The van der Waals surface area contributed by atoms with Gasteiger partial charge in [-0.05, 0) is 29.0 Å². The van der Waals surface area contributed by atoms with Gasteiger partial charge in [-0.3, -0.25) is 0 Å². The van der Waals surface area contributed by atoms with Crippen LogP contribution in [0.5, 0.6) is 5.75 Å². The van der Waals surface area contributed by atoms with Crippen LogP contribution in [0.4, 0.5) is 0 Å². The fraction of sp³-hybridized carbons (Fsp3) is 0.600. The third-order valence-electron chi connectivity index (χ3n) is 2.89. The lowest BCUT2D eigenvalue weighted by Gasteiger charge is -2.20. The molecule has 0 fully saturated rings. The molecule has 2 heteroatoms. The van der Waals surface area contributed by atoms with E-state index in [1.807, 2.05) is 32.0 Å². The lowest BCUT2D eigenvalue weighted by molar-refractivity contribution is 0.0701. The predicted octanol–water partition coefficient (Wildman–Crippen LogP) is 3.38. The Labute approximate surface area is 105 Å². The van der Waals surface area contributed by atoms with E-state index in [9.17, 15) is 5.11 Å². The summed E-state index contributed by atoms with van der Waals surface area (Å²) in [7, 11) is 0. The number of aliphatic hydroxyl groups excluding tert-OH is 1. The average molecular weight is 236 g/mol. The van der Waals surface area contributed by atoms with E-state index in [-0.39, 0.29) is 11.3 Å². The standard InChI is InChI=1S/C15H24O2/c1-11(2)14(16)10-17-13-8-6-7-12(9-13)15(3,4)5/h6-9,11,14,16H,10H2,1-5H3. The van der Waals surface area contributed by atoms with E-state index in [0.717, 1.165) is 5.75 Å². The van der Waals surface area contributed by atoms with Crippen molar-refractivity contribution in [1.82, 2.24) is 0 Å². The first-order valence-electron chi connectivity index (χ1n) is 6.22. The van der Waals surface area contributed by atoms with Crippen LogP contribution in [0.3, 0.4) is 0 Å². The lowest BCUT2D eigenvalue weighted by Crippen LogP contribution is -2.23. The molecule has 0 aliphatic carbocycles. The number of rotatable bonds is 4. The van der Waals surface area contributed by atoms with E-state index in [1.54, 1.807) is 0 Å². The van der Waals surface area contributed by atoms with Crippen molar-refractivity contribution in [1.29, 1.82) is 0 Å². The summed E-state index contributed by atoms with van der Waals surface area (Å²) in [6.07, 6.45) is -0.409. The fourth-order valence-electron chi connectivity index (χ4n) is 1.43. The van der Waals surface area contributed by atoms with Gasteiger partial charge < -0.3 is 9.84 Å². The average Bonchev–Trinajstić information content (AvgIpc) is 2.25. The quantitative estimate of drug-likeness (QED) is 0.868. The Bertz CT molecular complexity index is 350. The van der Waals surface area contributed by atoms with Crippen LogP contribution in [0.15, 0.2) is 24.3 Å². The Morgan fingerprint density at radius 3 is 2.41 bits per heavy atom. The van der Waals surface area contributed by atoms with Gasteiger partial charge in [-0.15, -0.1) is 0 Å². The van der Waals surface area contributed by atoms with Gasteiger partial charge in [0.15, 0.2) is 0 Å². The second-order valence-corrected chi connectivity index (χ2v) is 5.90. The van der Waals surface area contributed by atoms with Gasteiger partial charge in [-0.1, -0.05) is 46.8 Å². The van der Waals surface area contributed by atoms with Crippen molar-refractivity contribution in [3.8, 4) is 5.75 Å². The summed E-state index contributed by atoms with van der Waals surface area (Å²) in [5.74, 6) is 1.05. The molecule has 0 aromatic heterocycles. The van der Waals surface area contributed by atoms with E-state index < -0.39 is 6.10 Å². The maximum Gasteiger partial charge on any atom is 0.119 e. The molecule has 0 amide bonds. The second-order valence-electron chi connectivity index (χ2n) is 5.90. The van der Waals surface area contributed by atoms with Crippen LogP contribution in [-0.2, 0) is 5.41 Å². The molecule has 2 nitrogen and oxygen atoms in total. The zero-order valence-corrected chi connectivity index (χ0v) is 11.5. The van der Waals surface area contributed by atoms with Crippen molar-refractivity contribution < 1.29 is 9.84 Å². The normalized spacial score (nSPS) is 13.8. The molecule has 1 aromatic carbocycles. The van der Waals surface area contributed by atoms with Crippen molar-refractivity contribution in [2.24, 2.45) is 5.92 Å². The van der Waals surface area contributed by atoms with Crippen LogP contribution in [-0.4, -0.2) is 17.8 Å². The summed E-state index contributed by atoms with van der Waals surface area (Å²) in [6.45, 7) is 10.9. The summed E-state index contributed by atoms with van der Waals surface area (Å²) < 4.78 is 5.61. The van der Waals surface area contributed by atoms with Gasteiger partial charge in [0, 0.05) is 0 Å². The molecule has 0 aliphatic heterocycles. The summed E-state index contributed by atoms with van der Waals surface area (Å²) in [5, 5.41) is 9.69. The van der Waals surface area contributed by atoms with Gasteiger partial charge in [0.05, 0.1) is 6.10 Å². The minimum absolute atomic E-state index is 0.121. The zero-order chi connectivity index (χ0) is 13.1. The van der Waals surface area contributed by atoms with Crippen LogP contribution in [0.1, 0.15) is 40.2 Å². The number of hydrogen-bond acceptors (Lipinski definition) is 2. The lowest BCUT2D eigenvalue weighted by atomic mass is 9.87. The van der Waals surface area contributed by atoms with E-state index >= 15 is 0 Å². The molecule has 0 heterocycles. The highest BCUT2D eigenvalue weighted by Crippen LogP contribution is 2.25. The molecule has 96 valence electrons. The molecular formula is C15H24O2. The topological polar surface area (TPSA) is 29.5 Å². The van der Waals surface area contributed by atoms with Crippen molar-refractivity contribution >= 4 is 0 Å². The van der Waals surface area contributed by atoms with Crippen LogP contribution in [0.2, 0.25) is 0 Å². The number of aliphatic hydroxyl groups is 1. The minimum atomic E-state index is -0.409. The molecule has 1 unspecified atom stereocenters. The third-order valence-corrected chi connectivity index (χ3v) is 2.89. The molecule has 1 rings (SSSR count). The van der Waals surface area contributed by atoms with Gasteiger partial charge in [0.1, 0.15) is 12.4 Å². The fourth-order valence-corrected chi connectivity index (χ4v) is 1.43. The molecule has 1 N–H and O–H groups in total. The Kier molecular flexibility index (Phi) is 4.58. The maximum atomic E-state index is 9.69. The third kappa shape index (κ3) is 4.39. The summed E-state index contributed by atoms with van der Waals surface area (Å²) in [5.41, 5.74) is 1.37. The minimum Gasteiger partial charge on any atom is -0.491 e. The highest BCUT2D eigenvalue weighted by molar-refractivity contribution is 5.32. The Morgan fingerprint density at radius 2 is 1.88 bits per heavy atom. The van der Waals surface area contributed by atoms with Crippen molar-refractivity contribution in [2.45, 2.75) is 46.1 Å². The zero-order valence-electron chi connectivity index (χ0n) is 11.5. The number of ether oxygens (including phenoxy) is 1. The molecule has 17 heavy (non-hydrogen) atoms. The molecule has 0 radical (unpaired) electrons. The summed E-state index contributed by atoms with van der Waals surface area (Å²) in [4.78, 5) is 0. The Hall–Kier alpha value is -1.02. The van der Waals surface area contributed by atoms with E-state index in [1.165, 1.54) is 5.56 Å². The molecule has 1 aromatic rings. The van der Waals surface area contributed by atoms with Crippen molar-refractivity contribution in [3.05, 3.63) is 29.8 Å². The molecule has 0 aliphatic rings. The highest BCUT2D eigenvalue weighted by atomic mass is 16.5. The Morgan fingerprint density at radius 1 is 1.24 bits per heavy atom. The van der Waals surface area contributed by atoms with Crippen LogP contribution >= 0.6 is 0 Å². The van der Waals surface area contributed by atoms with Crippen LogP contribution in [0, 0.1) is 5.92 Å². The SMILES string of the molecule is CC(C)C(O)COc1cccc(C(C)(C)C)c1. The van der Waals surface area contributed by atoms with E-state index in [4.69, 9.17) is 4.74 Å². The monoisotopic (exact) mass is 236 g/mol. The van der Waals surface area contributed by atoms with Crippen LogP contribution in [0.25, 0.3) is 0 Å². The first-order chi connectivity index (χ1) is 7.80. The first kappa shape index (κ1) is 14.0. The maximum absolute atomic E-state index is 9.69. The van der Waals surface area contributed by atoms with Gasteiger partial charge in [-0.2, -0.15) is 0 Å². The number of hydrogen-bond donors (Lipinski definition) is 1. The van der Waals surface area contributed by atoms with Crippen LogP contribution < -0.4 is 4.74 Å². The van der Waals surface area contributed by atoms with Crippen molar-refractivity contribution in [3.63, 3.8) is 0 Å². The molecular weight excluding hydrogens is 212 g/mol. The summed E-state index contributed by atoms with van der Waals surface area (Å²) in [6, 6.07) is 8.08. The van der Waals surface area contributed by atoms with Gasteiger partial charge in [0.25, 0.3) is 0 Å². The molecule has 0 spiro atoms. The molecule has 0 saturated heterocycles. The van der Waals surface area contributed by atoms with Crippen molar-refractivity contribution in [2.75, 3.05) is 6.61 Å². The molecule has 0 saturated carbocycles. The molecule has 1 atom stereocenters. The van der Waals surface area contributed by atoms with Gasteiger partial charge >= 0.3 is 0 Å². The Balaban J connectivity index is 2.67. The second kappa shape index (κ2) is 5.54. The van der Waals surface area contributed by atoms with Gasteiger partial charge in [-0.25, -0.2) is 0 Å². The van der Waals surface area contributed by atoms with E-state index in [2.05, 4.69) is 26.8 Å².